The molecular weight excluding hydrogens is 324 g/mol. The number of nitrogens with one attached hydrogen (secondary N) is 2. The molecule has 0 aromatic heterocycles. The number of halogens is 1. The minimum Gasteiger partial charge on any atom is -0.343 e. The summed E-state index contributed by atoms with van der Waals surface area (Å²) in [7, 11) is 0. The van der Waals surface area contributed by atoms with Crippen molar-refractivity contribution in [3.8, 4) is 0 Å². The lowest BCUT2D eigenvalue weighted by Crippen LogP contribution is -2.49. The zero-order valence-corrected chi connectivity index (χ0v) is 13.5. The Labute approximate surface area is 139 Å². The van der Waals surface area contributed by atoms with Gasteiger partial charge in [-0.05, 0) is 19.1 Å². The predicted octanol–water partition coefficient (Wildman–Crippen LogP) is 0.487. The molecule has 1 aromatic rings. The number of amides is 2. The topological polar surface area (TPSA) is 105 Å². The number of aryl methyl sites for hydroxylation is 1. The summed E-state index contributed by atoms with van der Waals surface area (Å²) in [5.41, 5.74) is 0.677. The van der Waals surface area contributed by atoms with E-state index in [4.69, 9.17) is 0 Å². The number of nitro benzene ring substituents is 1. The summed E-state index contributed by atoms with van der Waals surface area (Å²) >= 11 is 0. The Morgan fingerprint density at radius 3 is 2.57 bits per heavy atom. The van der Waals surface area contributed by atoms with Gasteiger partial charge < -0.3 is 15.5 Å². The minimum absolute atomic E-state index is 0. The third kappa shape index (κ3) is 4.90. The molecule has 0 atom stereocenters. The molecule has 1 aromatic carbocycles. The second-order valence-electron chi connectivity index (χ2n) is 5.07. The van der Waals surface area contributed by atoms with E-state index in [2.05, 4.69) is 10.6 Å². The number of carbonyl (C=O) groups excluding carboxylic acids is 2. The van der Waals surface area contributed by atoms with Crippen LogP contribution in [0.1, 0.15) is 15.9 Å². The number of piperazine rings is 1. The molecule has 0 radical (unpaired) electrons. The van der Waals surface area contributed by atoms with E-state index in [1.807, 2.05) is 0 Å². The van der Waals surface area contributed by atoms with Crippen molar-refractivity contribution in [3.05, 3.63) is 39.4 Å². The number of rotatable bonds is 4. The smallest absolute Gasteiger partial charge is 0.272 e. The Morgan fingerprint density at radius 2 is 2.00 bits per heavy atom. The SMILES string of the molecule is Cc1cc(C(=O)NCC(=O)N2CCNCC2)ccc1[N+](=O)[O-].Cl. The van der Waals surface area contributed by atoms with E-state index in [1.54, 1.807) is 11.8 Å². The quantitative estimate of drug-likeness (QED) is 0.612. The molecular formula is C14H19ClN4O4. The summed E-state index contributed by atoms with van der Waals surface area (Å²) in [4.78, 5) is 35.9. The van der Waals surface area contributed by atoms with Crippen molar-refractivity contribution < 1.29 is 14.5 Å². The van der Waals surface area contributed by atoms with Gasteiger partial charge >= 0.3 is 0 Å². The summed E-state index contributed by atoms with van der Waals surface area (Å²) in [5.74, 6) is -0.546. The van der Waals surface area contributed by atoms with Crippen LogP contribution in [0.5, 0.6) is 0 Å². The van der Waals surface area contributed by atoms with Crippen molar-refractivity contribution >= 4 is 29.9 Å². The van der Waals surface area contributed by atoms with Crippen LogP contribution in [0.3, 0.4) is 0 Å². The molecule has 1 fully saturated rings. The Bertz CT molecular complexity index is 602. The maximum Gasteiger partial charge on any atom is 0.272 e. The van der Waals surface area contributed by atoms with Crippen LogP contribution in [0, 0.1) is 17.0 Å². The molecule has 126 valence electrons. The number of nitrogens with zero attached hydrogens (tertiary/aromatic N) is 2. The highest BCUT2D eigenvalue weighted by Gasteiger charge is 2.18. The lowest BCUT2D eigenvalue weighted by molar-refractivity contribution is -0.385. The lowest BCUT2D eigenvalue weighted by Gasteiger charge is -2.27. The van der Waals surface area contributed by atoms with Crippen LogP contribution >= 0.6 is 12.4 Å². The van der Waals surface area contributed by atoms with E-state index in [0.717, 1.165) is 13.1 Å². The fourth-order valence-corrected chi connectivity index (χ4v) is 2.29. The van der Waals surface area contributed by atoms with E-state index in [9.17, 15) is 19.7 Å². The fourth-order valence-electron chi connectivity index (χ4n) is 2.29. The first-order chi connectivity index (χ1) is 10.5. The van der Waals surface area contributed by atoms with Gasteiger partial charge in [0, 0.05) is 43.4 Å². The Kier molecular flexibility index (Phi) is 6.92. The molecule has 1 aliphatic heterocycles. The van der Waals surface area contributed by atoms with Gasteiger partial charge in [-0.1, -0.05) is 0 Å². The van der Waals surface area contributed by atoms with Crippen LogP contribution in [0.4, 0.5) is 5.69 Å². The molecule has 23 heavy (non-hydrogen) atoms. The first-order valence-corrected chi connectivity index (χ1v) is 7.01. The zero-order valence-electron chi connectivity index (χ0n) is 12.7. The molecule has 1 saturated heterocycles. The van der Waals surface area contributed by atoms with Crippen molar-refractivity contribution in [1.29, 1.82) is 0 Å². The molecule has 0 aliphatic carbocycles. The summed E-state index contributed by atoms with van der Waals surface area (Å²) in [6.45, 7) is 4.26. The highest BCUT2D eigenvalue weighted by molar-refractivity contribution is 5.96. The maximum atomic E-state index is 12.0. The van der Waals surface area contributed by atoms with Crippen LogP contribution in [-0.4, -0.2) is 54.4 Å². The van der Waals surface area contributed by atoms with E-state index in [-0.39, 0.29) is 30.5 Å². The van der Waals surface area contributed by atoms with Crippen molar-refractivity contribution in [1.82, 2.24) is 15.5 Å². The molecule has 2 N–H and O–H groups in total. The standard InChI is InChI=1S/C14H18N4O4.ClH/c1-10-8-11(2-3-12(10)18(21)22)14(20)16-9-13(19)17-6-4-15-5-7-17;/h2-3,8,15H,4-7,9H2,1H3,(H,16,20);1H. The van der Waals surface area contributed by atoms with E-state index < -0.39 is 10.8 Å². The second kappa shape index (κ2) is 8.44. The fraction of sp³-hybridized carbons (Fsp3) is 0.429. The number of hydrogen-bond donors (Lipinski definition) is 2. The van der Waals surface area contributed by atoms with Crippen LogP contribution in [0.2, 0.25) is 0 Å². The van der Waals surface area contributed by atoms with Gasteiger partial charge in [0.05, 0.1) is 11.5 Å². The number of benzene rings is 1. The van der Waals surface area contributed by atoms with E-state index in [1.165, 1.54) is 18.2 Å². The summed E-state index contributed by atoms with van der Waals surface area (Å²) in [5, 5.41) is 16.4. The molecule has 2 amide bonds. The van der Waals surface area contributed by atoms with Crippen LogP contribution in [0.25, 0.3) is 0 Å². The number of nitro groups is 1. The lowest BCUT2D eigenvalue weighted by atomic mass is 10.1. The average molecular weight is 343 g/mol. The predicted molar refractivity (Wildman–Crippen MR) is 86.9 cm³/mol. The van der Waals surface area contributed by atoms with Gasteiger partial charge in [-0.25, -0.2) is 0 Å². The van der Waals surface area contributed by atoms with Crippen LogP contribution in [0.15, 0.2) is 18.2 Å². The molecule has 0 spiro atoms. The number of carbonyl (C=O) groups is 2. The molecule has 0 bridgehead atoms. The molecule has 2 rings (SSSR count). The van der Waals surface area contributed by atoms with Crippen molar-refractivity contribution in [2.75, 3.05) is 32.7 Å². The third-order valence-electron chi connectivity index (χ3n) is 3.53. The second-order valence-corrected chi connectivity index (χ2v) is 5.07. The van der Waals surface area contributed by atoms with Gasteiger partial charge in [-0.15, -0.1) is 12.4 Å². The maximum absolute atomic E-state index is 12.0. The van der Waals surface area contributed by atoms with Crippen molar-refractivity contribution in [2.24, 2.45) is 0 Å². The van der Waals surface area contributed by atoms with Gasteiger partial charge in [0.15, 0.2) is 0 Å². The normalized spacial score (nSPS) is 13.9. The highest BCUT2D eigenvalue weighted by atomic mass is 35.5. The van der Waals surface area contributed by atoms with Gasteiger partial charge in [-0.3, -0.25) is 19.7 Å². The summed E-state index contributed by atoms with van der Waals surface area (Å²) in [6.07, 6.45) is 0. The molecule has 8 nitrogen and oxygen atoms in total. The monoisotopic (exact) mass is 342 g/mol. The highest BCUT2D eigenvalue weighted by Crippen LogP contribution is 2.18. The van der Waals surface area contributed by atoms with Gasteiger partial charge in [0.25, 0.3) is 11.6 Å². The first-order valence-electron chi connectivity index (χ1n) is 7.01. The van der Waals surface area contributed by atoms with Crippen LogP contribution in [-0.2, 0) is 4.79 Å². The minimum atomic E-state index is -0.495. The molecule has 0 unspecified atom stereocenters. The average Bonchev–Trinajstić information content (AvgIpc) is 2.52. The third-order valence-corrected chi connectivity index (χ3v) is 3.53. The van der Waals surface area contributed by atoms with Gasteiger partial charge in [0.2, 0.25) is 5.91 Å². The van der Waals surface area contributed by atoms with Gasteiger partial charge in [-0.2, -0.15) is 0 Å². The van der Waals surface area contributed by atoms with E-state index >= 15 is 0 Å². The Hall–Kier alpha value is -2.19. The Morgan fingerprint density at radius 1 is 1.35 bits per heavy atom. The molecule has 1 aliphatic rings. The molecule has 9 heteroatoms. The molecule has 0 saturated carbocycles. The van der Waals surface area contributed by atoms with Crippen molar-refractivity contribution in [3.63, 3.8) is 0 Å². The summed E-state index contributed by atoms with van der Waals surface area (Å²) < 4.78 is 0. The molecule has 1 heterocycles. The first kappa shape index (κ1) is 18.9. The van der Waals surface area contributed by atoms with Crippen LogP contribution < -0.4 is 10.6 Å². The number of hydrogen-bond acceptors (Lipinski definition) is 5. The van der Waals surface area contributed by atoms with E-state index in [0.29, 0.717) is 24.2 Å². The van der Waals surface area contributed by atoms with Crippen molar-refractivity contribution in [2.45, 2.75) is 6.92 Å². The largest absolute Gasteiger partial charge is 0.343 e. The van der Waals surface area contributed by atoms with Gasteiger partial charge in [0.1, 0.15) is 0 Å². The summed E-state index contributed by atoms with van der Waals surface area (Å²) in [6, 6.07) is 4.13. The zero-order chi connectivity index (χ0) is 16.1. The Balaban J connectivity index is 0.00000264.